The molecule has 0 bridgehead atoms. The minimum Gasteiger partial charge on any atom is -0.478 e. The van der Waals surface area contributed by atoms with Gasteiger partial charge in [0.1, 0.15) is 0 Å². The Morgan fingerprint density at radius 3 is 2.55 bits per heavy atom. The smallest absolute Gasteiger partial charge is 0.336 e. The Balaban J connectivity index is 2.31. The number of benzene rings is 1. The van der Waals surface area contributed by atoms with E-state index in [1.165, 1.54) is 18.3 Å². The van der Waals surface area contributed by atoms with E-state index < -0.39 is 11.9 Å². The van der Waals surface area contributed by atoms with E-state index in [0.717, 1.165) is 5.69 Å². The summed E-state index contributed by atoms with van der Waals surface area (Å²) in [4.78, 5) is 27.3. The van der Waals surface area contributed by atoms with E-state index in [1.807, 2.05) is 6.92 Å². The van der Waals surface area contributed by atoms with Crippen LogP contribution >= 0.6 is 15.9 Å². The molecule has 0 fully saturated rings. The summed E-state index contributed by atoms with van der Waals surface area (Å²) in [5.74, 6) is -1.64. The SMILES string of the molecule is Cc1ccc(NC(=O)c2cc(Br)ccc2C(=O)O)cn1. The number of carbonyl (C=O) groups is 2. The summed E-state index contributed by atoms with van der Waals surface area (Å²) in [6.07, 6.45) is 1.52. The fourth-order valence-corrected chi connectivity index (χ4v) is 1.99. The zero-order valence-corrected chi connectivity index (χ0v) is 12.1. The second kappa shape index (κ2) is 5.83. The van der Waals surface area contributed by atoms with Crippen LogP contribution in [0.1, 0.15) is 26.4 Å². The lowest BCUT2D eigenvalue weighted by Crippen LogP contribution is -2.16. The molecule has 0 atom stereocenters. The van der Waals surface area contributed by atoms with E-state index in [-0.39, 0.29) is 11.1 Å². The predicted octanol–water partition coefficient (Wildman–Crippen LogP) is 3.10. The van der Waals surface area contributed by atoms with Gasteiger partial charge < -0.3 is 10.4 Å². The molecule has 0 spiro atoms. The molecule has 1 aromatic heterocycles. The van der Waals surface area contributed by atoms with Crippen molar-refractivity contribution in [1.82, 2.24) is 4.98 Å². The maximum atomic E-state index is 12.2. The summed E-state index contributed by atoms with van der Waals surface area (Å²) in [5, 5.41) is 11.7. The molecule has 0 radical (unpaired) electrons. The van der Waals surface area contributed by atoms with Gasteiger partial charge in [0.2, 0.25) is 0 Å². The molecule has 0 saturated heterocycles. The quantitative estimate of drug-likeness (QED) is 0.903. The number of nitrogens with one attached hydrogen (secondary N) is 1. The van der Waals surface area contributed by atoms with E-state index in [0.29, 0.717) is 10.2 Å². The Morgan fingerprint density at radius 1 is 1.20 bits per heavy atom. The average Bonchev–Trinajstić information content (AvgIpc) is 2.41. The molecule has 5 nitrogen and oxygen atoms in total. The summed E-state index contributed by atoms with van der Waals surface area (Å²) in [7, 11) is 0. The number of aryl methyl sites for hydroxylation is 1. The Morgan fingerprint density at radius 2 is 1.95 bits per heavy atom. The molecular weight excluding hydrogens is 324 g/mol. The molecule has 1 aromatic carbocycles. The molecule has 2 N–H and O–H groups in total. The van der Waals surface area contributed by atoms with Crippen molar-refractivity contribution in [3.05, 3.63) is 57.8 Å². The summed E-state index contributed by atoms with van der Waals surface area (Å²) < 4.78 is 0.634. The number of nitrogens with zero attached hydrogens (tertiary/aromatic N) is 1. The highest BCUT2D eigenvalue weighted by Crippen LogP contribution is 2.18. The number of anilines is 1. The maximum absolute atomic E-state index is 12.2. The first-order chi connectivity index (χ1) is 9.47. The van der Waals surface area contributed by atoms with Crippen LogP contribution in [0.2, 0.25) is 0 Å². The molecule has 0 aliphatic rings. The average molecular weight is 335 g/mol. The van der Waals surface area contributed by atoms with Crippen LogP contribution < -0.4 is 5.32 Å². The fourth-order valence-electron chi connectivity index (χ4n) is 1.63. The first-order valence-corrected chi connectivity index (χ1v) is 6.53. The van der Waals surface area contributed by atoms with Gasteiger partial charge in [0.25, 0.3) is 5.91 Å². The van der Waals surface area contributed by atoms with Crippen molar-refractivity contribution < 1.29 is 14.7 Å². The van der Waals surface area contributed by atoms with E-state index in [1.54, 1.807) is 18.2 Å². The Kier molecular flexibility index (Phi) is 4.14. The van der Waals surface area contributed by atoms with Gasteiger partial charge >= 0.3 is 5.97 Å². The monoisotopic (exact) mass is 334 g/mol. The molecule has 1 heterocycles. The van der Waals surface area contributed by atoms with Gasteiger partial charge in [-0.1, -0.05) is 15.9 Å². The van der Waals surface area contributed by atoms with Crippen molar-refractivity contribution >= 4 is 33.5 Å². The molecule has 0 saturated carbocycles. The second-order valence-electron chi connectivity index (χ2n) is 4.14. The lowest BCUT2D eigenvalue weighted by molar-refractivity contribution is 0.0692. The van der Waals surface area contributed by atoms with E-state index in [9.17, 15) is 9.59 Å². The summed E-state index contributed by atoms with van der Waals surface area (Å²) in [6.45, 7) is 1.84. The first kappa shape index (κ1) is 14.2. The third kappa shape index (κ3) is 3.21. The summed E-state index contributed by atoms with van der Waals surface area (Å²) in [6, 6.07) is 7.90. The highest BCUT2D eigenvalue weighted by molar-refractivity contribution is 9.10. The van der Waals surface area contributed by atoms with Crippen LogP contribution in [-0.2, 0) is 0 Å². The molecule has 6 heteroatoms. The predicted molar refractivity (Wildman–Crippen MR) is 78.0 cm³/mol. The van der Waals surface area contributed by atoms with Gasteiger partial charge in [-0.25, -0.2) is 4.79 Å². The van der Waals surface area contributed by atoms with Gasteiger partial charge in [0, 0.05) is 10.2 Å². The molecule has 1 amide bonds. The van der Waals surface area contributed by atoms with Crippen LogP contribution in [0, 0.1) is 6.92 Å². The minimum absolute atomic E-state index is 0.0502. The molecule has 0 unspecified atom stereocenters. The van der Waals surface area contributed by atoms with Crippen molar-refractivity contribution in [3.8, 4) is 0 Å². The van der Waals surface area contributed by atoms with Crippen LogP contribution in [0.15, 0.2) is 41.0 Å². The summed E-state index contributed by atoms with van der Waals surface area (Å²) in [5.41, 5.74) is 1.38. The zero-order valence-electron chi connectivity index (χ0n) is 10.6. The number of carboxylic acids is 1. The molecule has 102 valence electrons. The van der Waals surface area contributed by atoms with Gasteiger partial charge in [-0.05, 0) is 37.3 Å². The van der Waals surface area contributed by atoms with Crippen molar-refractivity contribution in [2.75, 3.05) is 5.32 Å². The molecule has 2 aromatic rings. The van der Waals surface area contributed by atoms with Gasteiger partial charge in [0.05, 0.1) is 23.0 Å². The van der Waals surface area contributed by atoms with Crippen LogP contribution in [0.4, 0.5) is 5.69 Å². The number of amides is 1. The molecule has 0 aliphatic heterocycles. The highest BCUT2D eigenvalue weighted by atomic mass is 79.9. The number of carbonyl (C=O) groups excluding carboxylic acids is 1. The Hall–Kier alpha value is -2.21. The van der Waals surface area contributed by atoms with E-state index in [2.05, 4.69) is 26.2 Å². The van der Waals surface area contributed by atoms with Crippen LogP contribution in [0.3, 0.4) is 0 Å². The topological polar surface area (TPSA) is 79.3 Å². The number of aromatic nitrogens is 1. The number of hydrogen-bond acceptors (Lipinski definition) is 3. The lowest BCUT2D eigenvalue weighted by Gasteiger charge is -2.08. The van der Waals surface area contributed by atoms with E-state index in [4.69, 9.17) is 5.11 Å². The van der Waals surface area contributed by atoms with Crippen LogP contribution in [0.25, 0.3) is 0 Å². The number of halogens is 1. The number of pyridine rings is 1. The normalized spacial score (nSPS) is 10.1. The van der Waals surface area contributed by atoms with Crippen LogP contribution in [0.5, 0.6) is 0 Å². The Labute approximate surface area is 123 Å². The highest BCUT2D eigenvalue weighted by Gasteiger charge is 2.17. The van der Waals surface area contributed by atoms with Gasteiger partial charge in [-0.3, -0.25) is 9.78 Å². The van der Waals surface area contributed by atoms with Crippen molar-refractivity contribution in [2.45, 2.75) is 6.92 Å². The number of aromatic carboxylic acids is 1. The number of rotatable bonds is 3. The number of hydrogen-bond donors (Lipinski definition) is 2. The molecule has 20 heavy (non-hydrogen) atoms. The third-order valence-electron chi connectivity index (χ3n) is 2.63. The largest absolute Gasteiger partial charge is 0.478 e. The lowest BCUT2D eigenvalue weighted by atomic mass is 10.1. The molecule has 0 aliphatic carbocycles. The minimum atomic E-state index is -1.15. The fraction of sp³-hybridized carbons (Fsp3) is 0.0714. The van der Waals surface area contributed by atoms with Gasteiger partial charge in [-0.2, -0.15) is 0 Å². The molecule has 2 rings (SSSR count). The molecular formula is C14H11BrN2O3. The van der Waals surface area contributed by atoms with Crippen molar-refractivity contribution in [1.29, 1.82) is 0 Å². The first-order valence-electron chi connectivity index (χ1n) is 5.74. The van der Waals surface area contributed by atoms with Crippen LogP contribution in [-0.4, -0.2) is 22.0 Å². The number of carboxylic acid groups (broad SMARTS) is 1. The zero-order chi connectivity index (χ0) is 14.7. The second-order valence-corrected chi connectivity index (χ2v) is 5.05. The maximum Gasteiger partial charge on any atom is 0.336 e. The third-order valence-corrected chi connectivity index (χ3v) is 3.12. The Bertz CT molecular complexity index is 669. The summed E-state index contributed by atoms with van der Waals surface area (Å²) >= 11 is 3.22. The van der Waals surface area contributed by atoms with Crippen molar-refractivity contribution in [3.63, 3.8) is 0 Å². The van der Waals surface area contributed by atoms with Gasteiger partial charge in [-0.15, -0.1) is 0 Å². The van der Waals surface area contributed by atoms with Gasteiger partial charge in [0.15, 0.2) is 0 Å². The van der Waals surface area contributed by atoms with E-state index >= 15 is 0 Å². The van der Waals surface area contributed by atoms with Crippen molar-refractivity contribution in [2.24, 2.45) is 0 Å². The standard InChI is InChI=1S/C14H11BrN2O3/c1-8-2-4-10(7-16-8)17-13(18)12-6-9(15)3-5-11(12)14(19)20/h2-7H,1H3,(H,17,18)(H,19,20).